The average molecular weight is 611 g/mol. The van der Waals surface area contributed by atoms with Crippen LogP contribution >= 0.6 is 0 Å². The van der Waals surface area contributed by atoms with Crippen LogP contribution in [0.15, 0.2) is 42.6 Å². The number of methoxy groups -OCH3 is 1. The van der Waals surface area contributed by atoms with Gasteiger partial charge in [-0.3, -0.25) is 9.52 Å². The number of aryl methyl sites for hydroxylation is 1. The van der Waals surface area contributed by atoms with Gasteiger partial charge in [-0.15, -0.1) is 0 Å². The molecule has 232 valence electrons. The molecule has 1 aliphatic heterocycles. The summed E-state index contributed by atoms with van der Waals surface area (Å²) >= 11 is 0. The highest BCUT2D eigenvalue weighted by Crippen LogP contribution is 2.39. The molecule has 11 nitrogen and oxygen atoms in total. The van der Waals surface area contributed by atoms with Crippen molar-refractivity contribution in [3.8, 4) is 17.4 Å². The monoisotopic (exact) mass is 610 g/mol. The van der Waals surface area contributed by atoms with E-state index in [0.717, 1.165) is 43.3 Å². The second kappa shape index (κ2) is 13.3. The minimum Gasteiger partial charge on any atom is -0.492 e. The van der Waals surface area contributed by atoms with Crippen LogP contribution in [0.3, 0.4) is 0 Å². The van der Waals surface area contributed by atoms with E-state index in [2.05, 4.69) is 37.3 Å². The highest BCUT2D eigenvalue weighted by molar-refractivity contribution is 7.92. The van der Waals surface area contributed by atoms with E-state index in [-0.39, 0.29) is 16.9 Å². The molecular formula is C31H42N6O5S. The molecule has 1 saturated heterocycles. The molecule has 4 rings (SSSR count). The Bertz CT molecular complexity index is 1570. The topological polar surface area (TPSA) is 135 Å². The maximum absolute atomic E-state index is 13.5. The van der Waals surface area contributed by atoms with E-state index in [4.69, 9.17) is 9.47 Å². The fourth-order valence-electron chi connectivity index (χ4n) is 4.90. The molecule has 1 aromatic heterocycles. The predicted molar refractivity (Wildman–Crippen MR) is 169 cm³/mol. The van der Waals surface area contributed by atoms with Crippen molar-refractivity contribution < 1.29 is 22.7 Å². The Kier molecular flexibility index (Phi) is 9.93. The molecule has 0 saturated carbocycles. The van der Waals surface area contributed by atoms with E-state index >= 15 is 0 Å². The molecule has 1 amide bonds. The van der Waals surface area contributed by atoms with E-state index in [0.29, 0.717) is 41.3 Å². The first-order valence-corrected chi connectivity index (χ1v) is 16.1. The fraction of sp³-hybridized carbons (Fsp3) is 0.452. The molecule has 2 heterocycles. The predicted octanol–water partition coefficient (Wildman–Crippen LogP) is 4.69. The number of hydrogen-bond donors (Lipinski definition) is 3. The van der Waals surface area contributed by atoms with Gasteiger partial charge in [-0.25, -0.2) is 13.4 Å². The Hall–Kier alpha value is -3.74. The summed E-state index contributed by atoms with van der Waals surface area (Å²) in [6, 6.07) is 10.7. The summed E-state index contributed by atoms with van der Waals surface area (Å²) in [4.78, 5) is 24.7. The maximum atomic E-state index is 13.5. The van der Waals surface area contributed by atoms with E-state index < -0.39 is 15.9 Å². The minimum atomic E-state index is -3.60. The smallest absolute Gasteiger partial charge is 0.255 e. The van der Waals surface area contributed by atoms with Gasteiger partial charge in [0.15, 0.2) is 5.75 Å². The number of hydrogen-bond acceptors (Lipinski definition) is 9. The van der Waals surface area contributed by atoms with E-state index in [1.807, 2.05) is 27.7 Å². The number of piperidine rings is 1. The Labute approximate surface area is 254 Å². The number of sulfonamides is 1. The normalized spacial score (nSPS) is 16.0. The van der Waals surface area contributed by atoms with Crippen LogP contribution in [0.4, 0.5) is 11.4 Å². The number of nitrogens with zero attached hydrogens (tertiary/aromatic N) is 3. The quantitative estimate of drug-likeness (QED) is 0.299. The number of ether oxygens (including phenoxy) is 2. The number of carbonyl (C=O) groups excluding carboxylic acids is 1. The Morgan fingerprint density at radius 1 is 1.14 bits per heavy atom. The van der Waals surface area contributed by atoms with Gasteiger partial charge >= 0.3 is 0 Å². The summed E-state index contributed by atoms with van der Waals surface area (Å²) in [5.41, 5.74) is 2.23. The standard InChI is InChI=1S/C31H42N6O5S/c1-20-10-11-21(15-26(20)42-28-12-13-32-27(35-28)18-33-23-9-8-14-37(5)19-23)30(38)34-24-16-22(31(2,3)4)17-25(29(24)41-6)36-43(7,39)40/h10-13,15-17,23,33,36H,8-9,14,18-19H2,1-7H3,(H,34,38). The van der Waals surface area contributed by atoms with Crippen LogP contribution in [-0.2, 0) is 22.0 Å². The molecule has 1 unspecified atom stereocenters. The first-order chi connectivity index (χ1) is 20.2. The van der Waals surface area contributed by atoms with Gasteiger partial charge in [0, 0.05) is 30.4 Å². The minimum absolute atomic E-state index is 0.206. The molecule has 0 bridgehead atoms. The van der Waals surface area contributed by atoms with Crippen LogP contribution in [0.2, 0.25) is 0 Å². The van der Waals surface area contributed by atoms with Crippen molar-refractivity contribution in [2.24, 2.45) is 0 Å². The highest BCUT2D eigenvalue weighted by Gasteiger charge is 2.23. The molecule has 0 radical (unpaired) electrons. The van der Waals surface area contributed by atoms with Crippen LogP contribution in [-0.4, -0.2) is 68.7 Å². The fourth-order valence-corrected chi connectivity index (χ4v) is 5.45. The number of rotatable bonds is 10. The van der Waals surface area contributed by atoms with Gasteiger partial charge < -0.3 is 25.0 Å². The molecule has 3 aromatic rings. The SMILES string of the molecule is COc1c(NC(=O)c2ccc(C)c(Oc3ccnc(CNC4CCCN(C)C4)n3)c2)cc(C(C)(C)C)cc1NS(C)(=O)=O. The third kappa shape index (κ3) is 8.88. The van der Waals surface area contributed by atoms with Crippen LogP contribution in [0.1, 0.15) is 60.9 Å². The lowest BCUT2D eigenvalue weighted by molar-refractivity contribution is 0.102. The summed E-state index contributed by atoms with van der Waals surface area (Å²) in [6.45, 7) is 10.5. The highest BCUT2D eigenvalue weighted by atomic mass is 32.2. The number of benzene rings is 2. The second-order valence-corrected chi connectivity index (χ2v) is 13.8. The Balaban J connectivity index is 1.54. The molecule has 1 fully saturated rings. The largest absolute Gasteiger partial charge is 0.492 e. The molecule has 12 heteroatoms. The maximum Gasteiger partial charge on any atom is 0.255 e. The number of likely N-dealkylation sites (tertiary alicyclic amines) is 1. The second-order valence-electron chi connectivity index (χ2n) is 12.1. The van der Waals surface area contributed by atoms with Gasteiger partial charge in [-0.1, -0.05) is 26.8 Å². The molecule has 1 atom stereocenters. The number of amides is 1. The summed E-state index contributed by atoms with van der Waals surface area (Å²) in [7, 11) is -0.0498. The van der Waals surface area contributed by atoms with Crippen molar-refractivity contribution in [2.75, 3.05) is 43.5 Å². The molecule has 0 aliphatic carbocycles. The molecule has 2 aromatic carbocycles. The summed E-state index contributed by atoms with van der Waals surface area (Å²) in [5.74, 6) is 1.28. The van der Waals surface area contributed by atoms with Gasteiger partial charge in [0.25, 0.3) is 5.91 Å². The molecule has 43 heavy (non-hydrogen) atoms. The van der Waals surface area contributed by atoms with Crippen LogP contribution in [0.25, 0.3) is 0 Å². The lowest BCUT2D eigenvalue weighted by atomic mass is 9.86. The van der Waals surface area contributed by atoms with Crippen LogP contribution in [0, 0.1) is 6.92 Å². The van der Waals surface area contributed by atoms with Crippen molar-refractivity contribution in [3.63, 3.8) is 0 Å². The average Bonchev–Trinajstić information content (AvgIpc) is 2.92. The van der Waals surface area contributed by atoms with Crippen LogP contribution in [0.5, 0.6) is 17.4 Å². The Morgan fingerprint density at radius 3 is 2.56 bits per heavy atom. The van der Waals surface area contributed by atoms with Gasteiger partial charge in [0.05, 0.1) is 31.3 Å². The molecule has 3 N–H and O–H groups in total. The first-order valence-electron chi connectivity index (χ1n) is 14.3. The van der Waals surface area contributed by atoms with Crippen LogP contribution < -0.4 is 24.8 Å². The number of aromatic nitrogens is 2. The van der Waals surface area contributed by atoms with Crippen molar-refractivity contribution in [1.82, 2.24) is 20.2 Å². The lowest BCUT2D eigenvalue weighted by Gasteiger charge is -2.30. The number of nitrogens with one attached hydrogen (secondary N) is 3. The zero-order valence-electron chi connectivity index (χ0n) is 25.9. The molecule has 0 spiro atoms. The van der Waals surface area contributed by atoms with E-state index in [1.54, 1.807) is 42.6 Å². The Morgan fingerprint density at radius 2 is 1.88 bits per heavy atom. The third-order valence-electron chi connectivity index (χ3n) is 7.22. The summed E-state index contributed by atoms with van der Waals surface area (Å²) in [6.07, 6.45) is 5.01. The van der Waals surface area contributed by atoms with E-state index in [1.165, 1.54) is 7.11 Å². The van der Waals surface area contributed by atoms with Gasteiger partial charge in [0.2, 0.25) is 15.9 Å². The summed E-state index contributed by atoms with van der Waals surface area (Å²) < 4.78 is 38.3. The third-order valence-corrected chi connectivity index (χ3v) is 7.81. The van der Waals surface area contributed by atoms with Crippen molar-refractivity contribution in [1.29, 1.82) is 0 Å². The molecular weight excluding hydrogens is 568 g/mol. The van der Waals surface area contributed by atoms with Gasteiger partial charge in [0.1, 0.15) is 11.6 Å². The van der Waals surface area contributed by atoms with Crippen molar-refractivity contribution in [3.05, 3.63) is 65.1 Å². The van der Waals surface area contributed by atoms with E-state index in [9.17, 15) is 13.2 Å². The number of likely N-dealkylation sites (N-methyl/N-ethyl adjacent to an activating group) is 1. The number of anilines is 2. The van der Waals surface area contributed by atoms with Crippen molar-refractivity contribution in [2.45, 2.75) is 58.5 Å². The molecule has 1 aliphatic rings. The number of carbonyl (C=O) groups is 1. The zero-order chi connectivity index (χ0) is 31.4. The van der Waals surface area contributed by atoms with Crippen molar-refractivity contribution >= 4 is 27.3 Å². The summed E-state index contributed by atoms with van der Waals surface area (Å²) in [5, 5.41) is 6.43. The first kappa shape index (κ1) is 32.2. The lowest BCUT2D eigenvalue weighted by Crippen LogP contribution is -2.43. The van der Waals surface area contributed by atoms with Gasteiger partial charge in [-0.05, 0) is 74.2 Å². The van der Waals surface area contributed by atoms with Gasteiger partial charge in [-0.2, -0.15) is 4.98 Å². The zero-order valence-corrected chi connectivity index (χ0v) is 26.8.